The van der Waals surface area contributed by atoms with E-state index in [1.807, 2.05) is 23.6 Å². The van der Waals surface area contributed by atoms with Crippen LogP contribution in [0.4, 0.5) is 5.82 Å². The zero-order valence-corrected chi connectivity index (χ0v) is 19.1. The molecule has 0 aliphatic heterocycles. The second kappa shape index (κ2) is 9.75. The standard InChI is InChI=1S/C22H16Cl3N3O2S/c23-16-2-1-3-17(10-16)30-12-15-9-20(31-13-15)22(29)26-21-6-7-28(27-21)11-14-4-5-18(24)19(25)8-14/h1-10,13H,11-12H2,(H,26,27,29). The van der Waals surface area contributed by atoms with Crippen LogP contribution in [0.2, 0.25) is 15.1 Å². The Bertz CT molecular complexity index is 1220. The molecule has 1 amide bonds. The molecule has 2 aromatic heterocycles. The van der Waals surface area contributed by atoms with Crippen LogP contribution in [-0.4, -0.2) is 15.7 Å². The monoisotopic (exact) mass is 491 g/mol. The number of nitrogens with one attached hydrogen (secondary N) is 1. The van der Waals surface area contributed by atoms with Crippen molar-refractivity contribution in [1.82, 2.24) is 9.78 Å². The third-order valence-electron chi connectivity index (χ3n) is 4.29. The number of hydrogen-bond donors (Lipinski definition) is 1. The lowest BCUT2D eigenvalue weighted by atomic mass is 10.2. The van der Waals surface area contributed by atoms with Crippen molar-refractivity contribution >= 4 is 57.9 Å². The van der Waals surface area contributed by atoms with E-state index in [-0.39, 0.29) is 5.91 Å². The van der Waals surface area contributed by atoms with E-state index in [2.05, 4.69) is 10.4 Å². The summed E-state index contributed by atoms with van der Waals surface area (Å²) in [5.74, 6) is 0.922. The first-order chi connectivity index (χ1) is 15.0. The molecule has 5 nitrogen and oxygen atoms in total. The predicted octanol–water partition coefficient (Wildman–Crippen LogP) is 6.78. The minimum absolute atomic E-state index is 0.223. The summed E-state index contributed by atoms with van der Waals surface area (Å²) in [6.45, 7) is 0.860. The molecule has 2 aromatic carbocycles. The van der Waals surface area contributed by atoms with Gasteiger partial charge in [-0.05, 0) is 47.3 Å². The van der Waals surface area contributed by atoms with Crippen molar-refractivity contribution in [2.24, 2.45) is 0 Å². The molecule has 4 rings (SSSR count). The molecule has 4 aromatic rings. The highest BCUT2D eigenvalue weighted by Crippen LogP contribution is 2.24. The van der Waals surface area contributed by atoms with E-state index in [0.29, 0.717) is 44.7 Å². The number of nitrogens with zero attached hydrogens (tertiary/aromatic N) is 2. The summed E-state index contributed by atoms with van der Waals surface area (Å²) in [4.78, 5) is 13.1. The molecule has 0 radical (unpaired) electrons. The van der Waals surface area contributed by atoms with Crippen molar-refractivity contribution < 1.29 is 9.53 Å². The summed E-state index contributed by atoms with van der Waals surface area (Å²) in [6.07, 6.45) is 1.79. The van der Waals surface area contributed by atoms with Crippen LogP contribution >= 0.6 is 46.1 Å². The number of thiophene rings is 1. The minimum atomic E-state index is -0.223. The van der Waals surface area contributed by atoms with Gasteiger partial charge in [0.25, 0.3) is 5.91 Å². The summed E-state index contributed by atoms with van der Waals surface area (Å²) >= 11 is 19.3. The second-order valence-corrected chi connectivity index (χ2v) is 8.83. The molecule has 0 spiro atoms. The number of carbonyl (C=O) groups excluding carboxylic acids is 1. The quantitative estimate of drug-likeness (QED) is 0.309. The fourth-order valence-electron chi connectivity index (χ4n) is 2.81. The van der Waals surface area contributed by atoms with Crippen LogP contribution in [0.25, 0.3) is 0 Å². The second-order valence-electron chi connectivity index (χ2n) is 6.67. The number of amides is 1. The maximum atomic E-state index is 12.6. The lowest BCUT2D eigenvalue weighted by molar-refractivity contribution is 0.103. The first-order valence-electron chi connectivity index (χ1n) is 9.21. The first kappa shape index (κ1) is 21.7. The lowest BCUT2D eigenvalue weighted by Gasteiger charge is -2.04. The van der Waals surface area contributed by atoms with E-state index in [9.17, 15) is 4.79 Å². The zero-order valence-electron chi connectivity index (χ0n) is 16.0. The van der Waals surface area contributed by atoms with Gasteiger partial charge in [-0.15, -0.1) is 11.3 Å². The molecule has 2 heterocycles. The third-order valence-corrected chi connectivity index (χ3v) is 6.24. The summed E-state index contributed by atoms with van der Waals surface area (Å²) in [6, 6.07) is 16.2. The van der Waals surface area contributed by atoms with Gasteiger partial charge >= 0.3 is 0 Å². The Labute approximate surface area is 198 Å². The normalized spacial score (nSPS) is 10.8. The van der Waals surface area contributed by atoms with Gasteiger partial charge in [0.15, 0.2) is 5.82 Å². The summed E-state index contributed by atoms with van der Waals surface area (Å²) < 4.78 is 7.43. The van der Waals surface area contributed by atoms with Gasteiger partial charge in [-0.25, -0.2) is 0 Å². The fraction of sp³-hybridized carbons (Fsp3) is 0.0909. The van der Waals surface area contributed by atoms with Crippen LogP contribution in [0, 0.1) is 0 Å². The molecule has 0 saturated heterocycles. The molecule has 0 aliphatic rings. The number of benzene rings is 2. The van der Waals surface area contributed by atoms with Gasteiger partial charge in [0.2, 0.25) is 0 Å². The SMILES string of the molecule is O=C(Nc1ccn(Cc2ccc(Cl)c(Cl)c2)n1)c1cc(COc2cccc(Cl)c2)cs1. The average molecular weight is 493 g/mol. The van der Waals surface area contributed by atoms with Crippen LogP contribution in [0.3, 0.4) is 0 Å². The largest absolute Gasteiger partial charge is 0.489 e. The van der Waals surface area contributed by atoms with Gasteiger partial charge in [0.05, 0.1) is 21.5 Å². The van der Waals surface area contributed by atoms with Crippen molar-refractivity contribution in [2.75, 3.05) is 5.32 Å². The average Bonchev–Trinajstić information content (AvgIpc) is 3.39. The fourth-order valence-corrected chi connectivity index (χ4v) is 4.11. The Morgan fingerprint density at radius 1 is 1.03 bits per heavy atom. The number of hydrogen-bond acceptors (Lipinski definition) is 4. The topological polar surface area (TPSA) is 56.2 Å². The Morgan fingerprint density at radius 3 is 2.71 bits per heavy atom. The van der Waals surface area contributed by atoms with Crippen LogP contribution in [-0.2, 0) is 13.2 Å². The highest BCUT2D eigenvalue weighted by Gasteiger charge is 2.12. The van der Waals surface area contributed by atoms with E-state index in [4.69, 9.17) is 39.5 Å². The Hall–Kier alpha value is -2.51. The number of rotatable bonds is 7. The van der Waals surface area contributed by atoms with Crippen LogP contribution in [0.5, 0.6) is 5.75 Å². The van der Waals surface area contributed by atoms with Crippen molar-refractivity contribution in [3.05, 3.63) is 97.2 Å². The van der Waals surface area contributed by atoms with E-state index >= 15 is 0 Å². The maximum absolute atomic E-state index is 12.6. The Kier molecular flexibility index (Phi) is 6.83. The molecular weight excluding hydrogens is 477 g/mol. The van der Waals surface area contributed by atoms with Gasteiger partial charge in [0.1, 0.15) is 12.4 Å². The van der Waals surface area contributed by atoms with E-state index in [1.165, 1.54) is 11.3 Å². The zero-order chi connectivity index (χ0) is 21.8. The first-order valence-corrected chi connectivity index (χ1v) is 11.2. The van der Waals surface area contributed by atoms with Gasteiger partial charge < -0.3 is 10.1 Å². The Balaban J connectivity index is 1.34. The molecule has 0 aliphatic carbocycles. The molecule has 1 N–H and O–H groups in total. The van der Waals surface area contributed by atoms with E-state index in [1.54, 1.807) is 47.3 Å². The predicted molar refractivity (Wildman–Crippen MR) is 126 cm³/mol. The van der Waals surface area contributed by atoms with E-state index < -0.39 is 0 Å². The smallest absolute Gasteiger partial charge is 0.266 e. The van der Waals surface area contributed by atoms with Gasteiger partial charge in [-0.2, -0.15) is 5.10 Å². The highest BCUT2D eigenvalue weighted by atomic mass is 35.5. The molecule has 0 atom stereocenters. The van der Waals surface area contributed by atoms with Crippen LogP contribution in [0.15, 0.2) is 66.2 Å². The molecule has 0 saturated carbocycles. The molecule has 0 fully saturated rings. The minimum Gasteiger partial charge on any atom is -0.489 e. The summed E-state index contributed by atoms with van der Waals surface area (Å²) in [5, 5.41) is 10.7. The lowest BCUT2D eigenvalue weighted by Crippen LogP contribution is -2.11. The molecule has 9 heteroatoms. The number of halogens is 3. The molecule has 0 unspecified atom stereocenters. The molecule has 158 valence electrons. The number of anilines is 1. The number of carbonyl (C=O) groups is 1. The molecule has 31 heavy (non-hydrogen) atoms. The van der Waals surface area contributed by atoms with Crippen LogP contribution < -0.4 is 10.1 Å². The van der Waals surface area contributed by atoms with Crippen molar-refractivity contribution in [3.8, 4) is 5.75 Å². The van der Waals surface area contributed by atoms with Crippen molar-refractivity contribution in [1.29, 1.82) is 0 Å². The van der Waals surface area contributed by atoms with Crippen molar-refractivity contribution in [3.63, 3.8) is 0 Å². The molecule has 0 bridgehead atoms. The third kappa shape index (κ3) is 5.80. The van der Waals surface area contributed by atoms with Gasteiger partial charge in [-0.1, -0.05) is 46.9 Å². The number of ether oxygens (including phenoxy) is 1. The van der Waals surface area contributed by atoms with Gasteiger partial charge in [-0.3, -0.25) is 9.48 Å². The summed E-state index contributed by atoms with van der Waals surface area (Å²) in [5.41, 5.74) is 1.86. The van der Waals surface area contributed by atoms with E-state index in [0.717, 1.165) is 11.1 Å². The Morgan fingerprint density at radius 2 is 1.90 bits per heavy atom. The number of aromatic nitrogens is 2. The summed E-state index contributed by atoms with van der Waals surface area (Å²) in [7, 11) is 0. The highest BCUT2D eigenvalue weighted by molar-refractivity contribution is 7.12. The molecular formula is C22H16Cl3N3O2S. The van der Waals surface area contributed by atoms with Gasteiger partial charge in [0, 0.05) is 22.8 Å². The van der Waals surface area contributed by atoms with Crippen LogP contribution in [0.1, 0.15) is 20.8 Å². The maximum Gasteiger partial charge on any atom is 0.266 e. The van der Waals surface area contributed by atoms with Crippen molar-refractivity contribution in [2.45, 2.75) is 13.2 Å².